The average Bonchev–Trinajstić information content (AvgIpc) is 2.87. The van der Waals surface area contributed by atoms with Crippen LogP contribution >= 0.6 is 0 Å². The van der Waals surface area contributed by atoms with Gasteiger partial charge >= 0.3 is 6.09 Å². The fourth-order valence-corrected chi connectivity index (χ4v) is 4.47. The molecule has 37 heavy (non-hydrogen) atoms. The van der Waals surface area contributed by atoms with Crippen LogP contribution in [0.3, 0.4) is 0 Å². The van der Waals surface area contributed by atoms with Crippen LogP contribution in [0.4, 0.5) is 14.9 Å². The Morgan fingerprint density at radius 1 is 0.865 bits per heavy atom. The maximum atomic E-state index is 16.5. The molecule has 3 aromatic rings. The van der Waals surface area contributed by atoms with Crippen molar-refractivity contribution in [2.75, 3.05) is 18.5 Å². The molecule has 0 fully saturated rings. The monoisotopic (exact) mass is 522 g/mol. The summed E-state index contributed by atoms with van der Waals surface area (Å²) in [6.45, 7) is 11.2. The van der Waals surface area contributed by atoms with Crippen LogP contribution in [0.1, 0.15) is 37.5 Å². The fraction of sp³-hybridized carbons (Fsp3) is 0.367. The SMILES string of the molecule is CC(C)(C)[Si](C)(C)OCC(F)(NCCc1ccccc1)c1ccc(NC(=O)OCc2ccccc2)cc1. The number of amides is 1. The van der Waals surface area contributed by atoms with Crippen molar-refractivity contribution in [1.82, 2.24) is 5.32 Å². The highest BCUT2D eigenvalue weighted by molar-refractivity contribution is 6.74. The number of hydrogen-bond acceptors (Lipinski definition) is 4. The summed E-state index contributed by atoms with van der Waals surface area (Å²) < 4.78 is 28.1. The molecular formula is C30H39FN2O3Si. The van der Waals surface area contributed by atoms with Crippen molar-refractivity contribution in [3.05, 3.63) is 102 Å². The average molecular weight is 523 g/mol. The summed E-state index contributed by atoms with van der Waals surface area (Å²) in [5.41, 5.74) is 3.01. The first kappa shape index (κ1) is 28.6. The molecule has 0 radical (unpaired) electrons. The number of ether oxygens (including phenoxy) is 1. The second-order valence-corrected chi connectivity index (χ2v) is 15.6. The minimum Gasteiger partial charge on any atom is -0.444 e. The molecule has 1 amide bonds. The smallest absolute Gasteiger partial charge is 0.411 e. The van der Waals surface area contributed by atoms with Crippen molar-refractivity contribution in [3.8, 4) is 0 Å². The number of hydrogen-bond donors (Lipinski definition) is 2. The van der Waals surface area contributed by atoms with Gasteiger partial charge in [0.25, 0.3) is 0 Å². The topological polar surface area (TPSA) is 59.6 Å². The molecule has 3 rings (SSSR count). The molecular weight excluding hydrogens is 483 g/mol. The Morgan fingerprint density at radius 2 is 1.43 bits per heavy atom. The minimum absolute atomic E-state index is 0.0359. The summed E-state index contributed by atoms with van der Waals surface area (Å²) in [6.07, 6.45) is 0.129. The Labute approximate surface area is 221 Å². The first-order chi connectivity index (χ1) is 17.5. The molecule has 0 aliphatic heterocycles. The predicted molar refractivity (Wildman–Crippen MR) is 151 cm³/mol. The van der Waals surface area contributed by atoms with Crippen LogP contribution in [0.25, 0.3) is 0 Å². The Morgan fingerprint density at radius 3 is 2.00 bits per heavy atom. The van der Waals surface area contributed by atoms with Crippen LogP contribution in [0.15, 0.2) is 84.9 Å². The van der Waals surface area contributed by atoms with E-state index in [1.165, 1.54) is 0 Å². The fourth-order valence-electron chi connectivity index (χ4n) is 3.48. The Kier molecular flexibility index (Phi) is 9.65. The van der Waals surface area contributed by atoms with E-state index < -0.39 is 20.2 Å². The third-order valence-corrected chi connectivity index (χ3v) is 11.4. The van der Waals surface area contributed by atoms with Crippen LogP contribution in [0.5, 0.6) is 0 Å². The zero-order valence-corrected chi connectivity index (χ0v) is 23.5. The number of rotatable bonds is 11. The van der Waals surface area contributed by atoms with Crippen LogP contribution < -0.4 is 10.6 Å². The number of anilines is 1. The first-order valence-electron chi connectivity index (χ1n) is 12.7. The van der Waals surface area contributed by atoms with Gasteiger partial charge in [-0.05, 0) is 47.8 Å². The van der Waals surface area contributed by atoms with Gasteiger partial charge in [-0.1, -0.05) is 93.6 Å². The molecule has 7 heteroatoms. The van der Waals surface area contributed by atoms with Crippen LogP contribution in [-0.2, 0) is 28.0 Å². The third-order valence-electron chi connectivity index (χ3n) is 6.90. The summed E-state index contributed by atoms with van der Waals surface area (Å²) in [5.74, 6) is -1.88. The van der Waals surface area contributed by atoms with Crippen molar-refractivity contribution in [2.45, 2.75) is 57.7 Å². The van der Waals surface area contributed by atoms with E-state index >= 15 is 4.39 Å². The van der Waals surface area contributed by atoms with E-state index in [9.17, 15) is 4.79 Å². The van der Waals surface area contributed by atoms with E-state index in [0.29, 0.717) is 24.2 Å². The normalized spacial score (nSPS) is 13.6. The van der Waals surface area contributed by atoms with Crippen LogP contribution in [0.2, 0.25) is 18.1 Å². The highest BCUT2D eigenvalue weighted by Gasteiger charge is 2.41. The number of carbonyl (C=O) groups excluding carboxylic acids is 1. The number of benzene rings is 3. The van der Waals surface area contributed by atoms with E-state index in [0.717, 1.165) is 11.1 Å². The van der Waals surface area contributed by atoms with Crippen molar-refractivity contribution in [3.63, 3.8) is 0 Å². The number of halogens is 1. The lowest BCUT2D eigenvalue weighted by Crippen LogP contribution is -2.49. The van der Waals surface area contributed by atoms with Gasteiger partial charge in [0.2, 0.25) is 5.79 Å². The van der Waals surface area contributed by atoms with Gasteiger partial charge < -0.3 is 9.16 Å². The largest absolute Gasteiger partial charge is 0.444 e. The third kappa shape index (κ3) is 8.52. The summed E-state index contributed by atoms with van der Waals surface area (Å²) in [6, 6.07) is 26.2. The molecule has 0 spiro atoms. The summed E-state index contributed by atoms with van der Waals surface area (Å²) >= 11 is 0. The van der Waals surface area contributed by atoms with E-state index in [1.54, 1.807) is 24.3 Å². The van der Waals surface area contributed by atoms with Gasteiger partial charge in [-0.2, -0.15) is 0 Å². The minimum atomic E-state index is -2.17. The van der Waals surface area contributed by atoms with Gasteiger partial charge in [-0.25, -0.2) is 9.18 Å². The quantitative estimate of drug-likeness (QED) is 0.203. The maximum absolute atomic E-state index is 16.5. The van der Waals surface area contributed by atoms with Gasteiger partial charge in [0.1, 0.15) is 6.61 Å². The maximum Gasteiger partial charge on any atom is 0.411 e. The Bertz CT molecular complexity index is 1120. The zero-order valence-electron chi connectivity index (χ0n) is 22.5. The van der Waals surface area contributed by atoms with Crippen molar-refractivity contribution >= 4 is 20.1 Å². The summed E-state index contributed by atoms with van der Waals surface area (Å²) in [4.78, 5) is 12.2. The molecule has 3 aromatic carbocycles. The molecule has 0 aromatic heterocycles. The highest BCUT2D eigenvalue weighted by Crippen LogP contribution is 2.38. The van der Waals surface area contributed by atoms with E-state index in [-0.39, 0.29) is 18.3 Å². The van der Waals surface area contributed by atoms with Crippen molar-refractivity contribution < 1.29 is 18.3 Å². The molecule has 0 heterocycles. The summed E-state index contributed by atoms with van der Waals surface area (Å²) in [5, 5.41) is 5.77. The Hall–Kier alpha value is -3.00. The van der Waals surface area contributed by atoms with Crippen LogP contribution in [-0.4, -0.2) is 27.6 Å². The predicted octanol–water partition coefficient (Wildman–Crippen LogP) is 7.41. The molecule has 5 nitrogen and oxygen atoms in total. The van der Waals surface area contributed by atoms with Gasteiger partial charge in [-0.3, -0.25) is 10.6 Å². The van der Waals surface area contributed by atoms with E-state index in [1.807, 2.05) is 60.7 Å². The second-order valence-electron chi connectivity index (χ2n) is 10.8. The Balaban J connectivity index is 1.67. The van der Waals surface area contributed by atoms with Crippen molar-refractivity contribution in [1.29, 1.82) is 0 Å². The lowest BCUT2D eigenvalue weighted by atomic mass is 10.0. The lowest BCUT2D eigenvalue weighted by molar-refractivity contribution is 0.0414. The van der Waals surface area contributed by atoms with Gasteiger partial charge in [0.05, 0.1) is 6.61 Å². The molecule has 0 aliphatic rings. The lowest BCUT2D eigenvalue weighted by Gasteiger charge is -2.39. The standard InChI is InChI=1S/C30H39FN2O3Si/c1-29(2,3)37(4,5)36-23-30(31,32-21-20-24-12-8-6-9-13-24)26-16-18-27(19-17-26)33-28(34)35-22-25-14-10-7-11-15-25/h6-19,32H,20-23H2,1-5H3,(H,33,34). The van der Waals surface area contributed by atoms with E-state index in [4.69, 9.17) is 9.16 Å². The molecule has 1 unspecified atom stereocenters. The molecule has 0 bridgehead atoms. The summed E-state index contributed by atoms with van der Waals surface area (Å²) in [7, 11) is -2.17. The molecule has 0 aliphatic carbocycles. The molecule has 0 saturated carbocycles. The number of carbonyl (C=O) groups is 1. The second kappa shape index (κ2) is 12.5. The zero-order chi connectivity index (χ0) is 26.9. The molecule has 0 saturated heterocycles. The van der Waals surface area contributed by atoms with Gasteiger partial charge in [0.15, 0.2) is 8.32 Å². The van der Waals surface area contributed by atoms with Crippen LogP contribution in [0, 0.1) is 0 Å². The molecule has 2 N–H and O–H groups in total. The molecule has 198 valence electrons. The van der Waals surface area contributed by atoms with Gasteiger partial charge in [-0.15, -0.1) is 0 Å². The van der Waals surface area contributed by atoms with Crippen molar-refractivity contribution in [2.24, 2.45) is 0 Å². The highest BCUT2D eigenvalue weighted by atomic mass is 28.4. The first-order valence-corrected chi connectivity index (χ1v) is 15.6. The van der Waals surface area contributed by atoms with Gasteiger partial charge in [0, 0.05) is 17.8 Å². The number of alkyl halides is 1. The molecule has 1 atom stereocenters. The van der Waals surface area contributed by atoms with E-state index in [2.05, 4.69) is 44.5 Å². The number of nitrogens with one attached hydrogen (secondary N) is 2.